The topological polar surface area (TPSA) is 62.3 Å². The minimum atomic E-state index is -0.733. The van der Waals surface area contributed by atoms with Gasteiger partial charge in [0.15, 0.2) is 0 Å². The second-order valence-electron chi connectivity index (χ2n) is 8.57. The summed E-state index contributed by atoms with van der Waals surface area (Å²) in [6, 6.07) is 15.1. The van der Waals surface area contributed by atoms with Crippen LogP contribution in [0.5, 0.6) is 0 Å². The molecule has 2 aromatic carbocycles. The van der Waals surface area contributed by atoms with Gasteiger partial charge in [0.1, 0.15) is 12.3 Å². The van der Waals surface area contributed by atoms with Crippen LogP contribution in [0, 0.1) is 0 Å². The first-order valence-corrected chi connectivity index (χ1v) is 10.9. The number of hydrogen-bond acceptors (Lipinski definition) is 6. The molecule has 2 amide bonds. The molecule has 166 valence electrons. The number of amides is 2. The molecule has 7 heteroatoms. The number of methoxy groups -OCH3 is 1. The van der Waals surface area contributed by atoms with Crippen LogP contribution in [-0.2, 0) is 21.0 Å². The lowest BCUT2D eigenvalue weighted by Gasteiger charge is -2.46. The minimum absolute atomic E-state index is 0.140. The number of ether oxygens (including phenoxy) is 1. The summed E-state index contributed by atoms with van der Waals surface area (Å²) in [5.74, 6) is -0.834. The molecule has 3 aliphatic rings. The summed E-state index contributed by atoms with van der Waals surface area (Å²) < 4.78 is 6.08. The molecule has 5 rings (SSSR count). The maximum atomic E-state index is 13.5. The van der Waals surface area contributed by atoms with Crippen LogP contribution < -0.4 is 10.4 Å². The average Bonchev–Trinajstić information content (AvgIpc) is 2.83. The van der Waals surface area contributed by atoms with Crippen molar-refractivity contribution in [3.63, 3.8) is 0 Å². The summed E-state index contributed by atoms with van der Waals surface area (Å²) >= 11 is 0. The molecule has 1 saturated heterocycles. The van der Waals surface area contributed by atoms with Gasteiger partial charge >= 0.3 is 0 Å². The Hall–Kier alpha value is -2.84. The van der Waals surface area contributed by atoms with E-state index in [1.54, 1.807) is 13.2 Å². The van der Waals surface area contributed by atoms with Crippen LogP contribution in [0.3, 0.4) is 0 Å². The Morgan fingerprint density at radius 1 is 0.938 bits per heavy atom. The summed E-state index contributed by atoms with van der Waals surface area (Å²) in [6.07, 6.45) is 2.44. The van der Waals surface area contributed by atoms with Gasteiger partial charge in [0.05, 0.1) is 5.56 Å². The second-order valence-corrected chi connectivity index (χ2v) is 8.57. The number of likely N-dealkylation sites (N-methyl/N-ethyl adjacent to an activating group) is 1. The van der Waals surface area contributed by atoms with E-state index in [-0.39, 0.29) is 6.61 Å². The molecule has 0 bridgehead atoms. The van der Waals surface area contributed by atoms with Crippen LogP contribution >= 0.6 is 0 Å². The molecule has 0 N–H and O–H groups in total. The summed E-state index contributed by atoms with van der Waals surface area (Å²) in [5, 5.41) is 2.49. The first kappa shape index (κ1) is 21.0. The van der Waals surface area contributed by atoms with Crippen LogP contribution in [0.15, 0.2) is 48.5 Å². The van der Waals surface area contributed by atoms with Gasteiger partial charge in [-0.3, -0.25) is 19.3 Å². The molecule has 0 spiro atoms. The van der Waals surface area contributed by atoms with Gasteiger partial charge in [0.25, 0.3) is 11.8 Å². The van der Waals surface area contributed by atoms with Crippen molar-refractivity contribution in [1.29, 1.82) is 0 Å². The van der Waals surface area contributed by atoms with Gasteiger partial charge in [-0.05, 0) is 30.0 Å². The van der Waals surface area contributed by atoms with Gasteiger partial charge in [-0.15, -0.1) is 5.06 Å². The highest BCUT2D eigenvalue weighted by Crippen LogP contribution is 2.32. The van der Waals surface area contributed by atoms with Crippen molar-refractivity contribution in [2.75, 3.05) is 40.3 Å². The number of imide groups is 1. The lowest BCUT2D eigenvalue weighted by molar-refractivity contribution is -0.169. The van der Waals surface area contributed by atoms with Crippen molar-refractivity contribution in [3.8, 4) is 0 Å². The molecule has 2 aromatic rings. The number of piperazine rings is 1. The lowest BCUT2D eigenvalue weighted by Crippen LogP contribution is -2.61. The third-order valence-electron chi connectivity index (χ3n) is 6.66. The number of hydrogen-bond donors (Lipinski definition) is 0. The molecular formula is C25H27N3O4. The Bertz CT molecular complexity index is 1170. The third kappa shape index (κ3) is 3.47. The van der Waals surface area contributed by atoms with Crippen molar-refractivity contribution in [2.45, 2.75) is 18.8 Å². The van der Waals surface area contributed by atoms with Crippen LogP contribution in [0.1, 0.15) is 22.3 Å². The SMILES string of the molecule is COC1(N2CCN(C)CC2)C=c2cccc3c2=C(C1)C(=O)N(OCc1ccccc1)C3=O. The quantitative estimate of drug-likeness (QED) is 0.648. The standard InChI is InChI=1S/C25H27N3O4/c1-26-11-13-27(14-12-26)25(31-2)15-19-9-6-10-20-22(19)21(16-25)24(30)28(23(20)29)32-17-18-7-4-3-5-8-18/h3-10,15H,11-14,16-17H2,1-2H3. The first-order valence-electron chi connectivity index (χ1n) is 10.9. The van der Waals surface area contributed by atoms with Crippen molar-refractivity contribution in [2.24, 2.45) is 0 Å². The molecule has 1 fully saturated rings. The fourth-order valence-corrected chi connectivity index (χ4v) is 4.83. The molecule has 0 aromatic heterocycles. The van der Waals surface area contributed by atoms with Gasteiger partial charge in [-0.2, -0.15) is 0 Å². The Morgan fingerprint density at radius 2 is 1.69 bits per heavy atom. The van der Waals surface area contributed by atoms with E-state index in [4.69, 9.17) is 9.57 Å². The molecule has 0 radical (unpaired) electrons. The molecule has 32 heavy (non-hydrogen) atoms. The fourth-order valence-electron chi connectivity index (χ4n) is 4.83. The van der Waals surface area contributed by atoms with E-state index in [9.17, 15) is 9.59 Å². The molecule has 2 aliphatic heterocycles. The third-order valence-corrected chi connectivity index (χ3v) is 6.66. The fraction of sp³-hybridized carbons (Fsp3) is 0.360. The predicted octanol–water partition coefficient (Wildman–Crippen LogP) is 0.726. The Morgan fingerprint density at radius 3 is 2.41 bits per heavy atom. The van der Waals surface area contributed by atoms with Crippen LogP contribution in [-0.4, -0.2) is 72.7 Å². The van der Waals surface area contributed by atoms with E-state index in [0.717, 1.165) is 42.0 Å². The van der Waals surface area contributed by atoms with Gasteiger partial charge in [-0.1, -0.05) is 42.5 Å². The maximum Gasteiger partial charge on any atom is 0.285 e. The number of rotatable bonds is 5. The van der Waals surface area contributed by atoms with E-state index in [2.05, 4.69) is 22.9 Å². The predicted molar refractivity (Wildman–Crippen MR) is 119 cm³/mol. The van der Waals surface area contributed by atoms with E-state index in [0.29, 0.717) is 22.8 Å². The summed E-state index contributed by atoms with van der Waals surface area (Å²) in [6.45, 7) is 3.68. The monoisotopic (exact) mass is 433 g/mol. The highest BCUT2D eigenvalue weighted by atomic mass is 16.7. The van der Waals surface area contributed by atoms with Gasteiger partial charge < -0.3 is 9.64 Å². The summed E-state index contributed by atoms with van der Waals surface area (Å²) in [5.41, 5.74) is 1.21. The number of carbonyl (C=O) groups excluding carboxylic acids is 2. The van der Waals surface area contributed by atoms with Crippen LogP contribution in [0.25, 0.3) is 11.6 Å². The average molecular weight is 434 g/mol. The van der Waals surface area contributed by atoms with E-state index in [1.807, 2.05) is 42.5 Å². The van der Waals surface area contributed by atoms with E-state index >= 15 is 0 Å². The Labute approximate surface area is 187 Å². The largest absolute Gasteiger partial charge is 0.360 e. The molecule has 0 saturated carbocycles. The van der Waals surface area contributed by atoms with E-state index in [1.165, 1.54) is 0 Å². The van der Waals surface area contributed by atoms with Crippen molar-refractivity contribution in [1.82, 2.24) is 14.9 Å². The number of hydroxylamine groups is 2. The van der Waals surface area contributed by atoms with Crippen molar-refractivity contribution in [3.05, 3.63) is 70.1 Å². The molecule has 7 nitrogen and oxygen atoms in total. The smallest absolute Gasteiger partial charge is 0.285 e. The second kappa shape index (κ2) is 8.26. The van der Waals surface area contributed by atoms with Gasteiger partial charge in [0, 0.05) is 50.5 Å². The summed E-state index contributed by atoms with van der Waals surface area (Å²) in [4.78, 5) is 37.0. The van der Waals surface area contributed by atoms with Crippen molar-refractivity contribution < 1.29 is 19.2 Å². The van der Waals surface area contributed by atoms with Gasteiger partial charge in [-0.25, -0.2) is 0 Å². The highest BCUT2D eigenvalue weighted by Gasteiger charge is 2.44. The summed E-state index contributed by atoms with van der Waals surface area (Å²) in [7, 11) is 3.79. The van der Waals surface area contributed by atoms with Crippen LogP contribution in [0.2, 0.25) is 0 Å². The Kier molecular flexibility index (Phi) is 5.43. The number of carbonyl (C=O) groups is 2. The first-order chi connectivity index (χ1) is 15.5. The van der Waals surface area contributed by atoms with Crippen molar-refractivity contribution >= 4 is 23.5 Å². The zero-order chi connectivity index (χ0) is 22.3. The molecule has 1 atom stereocenters. The van der Waals surface area contributed by atoms with Crippen LogP contribution in [0.4, 0.5) is 0 Å². The number of benzene rings is 2. The number of nitrogens with zero attached hydrogens (tertiary/aromatic N) is 3. The lowest BCUT2D eigenvalue weighted by atomic mass is 9.86. The highest BCUT2D eigenvalue weighted by molar-refractivity contribution is 6.24. The Balaban J connectivity index is 1.53. The van der Waals surface area contributed by atoms with E-state index < -0.39 is 17.5 Å². The molecule has 2 heterocycles. The molecule has 1 unspecified atom stereocenters. The zero-order valence-corrected chi connectivity index (χ0v) is 18.4. The zero-order valence-electron chi connectivity index (χ0n) is 18.4. The molecule has 1 aliphatic carbocycles. The maximum absolute atomic E-state index is 13.5. The normalized spacial score (nSPS) is 23.8. The van der Waals surface area contributed by atoms with Gasteiger partial charge in [0.2, 0.25) is 0 Å². The minimum Gasteiger partial charge on any atom is -0.360 e. The molecular weight excluding hydrogens is 406 g/mol.